The van der Waals surface area contributed by atoms with Crippen LogP contribution in [0.25, 0.3) is 11.1 Å². The van der Waals surface area contributed by atoms with Crippen molar-refractivity contribution >= 4 is 12.1 Å². The van der Waals surface area contributed by atoms with Crippen LogP contribution in [0.5, 0.6) is 0 Å². The highest BCUT2D eigenvalue weighted by molar-refractivity contribution is 5.76. The molecule has 6 heteroatoms. The molecule has 30 heavy (non-hydrogen) atoms. The summed E-state index contributed by atoms with van der Waals surface area (Å²) in [6, 6.07) is 18.5. The summed E-state index contributed by atoms with van der Waals surface area (Å²) in [5.41, 5.74) is 3.01. The number of ether oxygens (including phenoxy) is 1. The number of nitrogens with zero attached hydrogens (tertiary/aromatic N) is 1. The van der Waals surface area contributed by atoms with E-state index in [4.69, 9.17) is 4.74 Å². The summed E-state index contributed by atoms with van der Waals surface area (Å²) in [4.78, 5) is 26.9. The van der Waals surface area contributed by atoms with Gasteiger partial charge in [-0.25, -0.2) is 9.59 Å². The molecule has 2 N–H and O–H groups in total. The van der Waals surface area contributed by atoms with Gasteiger partial charge in [0, 0.05) is 19.5 Å². The van der Waals surface area contributed by atoms with E-state index in [0.717, 1.165) is 29.5 Å². The third-order valence-electron chi connectivity index (χ3n) is 6.22. The lowest BCUT2D eigenvalue weighted by Gasteiger charge is -2.51. The molecule has 0 bridgehead atoms. The number of hydrogen-bond donors (Lipinski definition) is 2. The van der Waals surface area contributed by atoms with E-state index in [0.29, 0.717) is 32.5 Å². The molecular weight excluding hydrogens is 378 g/mol. The lowest BCUT2D eigenvalue weighted by Crippen LogP contribution is -2.69. The lowest BCUT2D eigenvalue weighted by atomic mass is 9.75. The SMILES string of the molecule is CCNC(=O)N1CCC[C@@]2(CCOC(=O)N2)[C@H]1Cc1cccc(-c2ccccc2)c1. The maximum atomic E-state index is 12.9. The summed E-state index contributed by atoms with van der Waals surface area (Å²) < 4.78 is 5.15. The third-order valence-corrected chi connectivity index (χ3v) is 6.22. The van der Waals surface area contributed by atoms with Gasteiger partial charge in [-0.1, -0.05) is 54.6 Å². The van der Waals surface area contributed by atoms with Gasteiger partial charge in [-0.2, -0.15) is 0 Å². The van der Waals surface area contributed by atoms with Crippen molar-refractivity contribution in [2.45, 2.75) is 44.2 Å². The van der Waals surface area contributed by atoms with Crippen LogP contribution in [-0.4, -0.2) is 48.3 Å². The van der Waals surface area contributed by atoms with Crippen LogP contribution in [0.15, 0.2) is 54.6 Å². The number of cyclic esters (lactones) is 1. The van der Waals surface area contributed by atoms with Crippen LogP contribution in [0.2, 0.25) is 0 Å². The fourth-order valence-corrected chi connectivity index (χ4v) is 4.78. The second kappa shape index (κ2) is 8.78. The second-order valence-electron chi connectivity index (χ2n) is 8.09. The molecule has 2 saturated heterocycles. The highest BCUT2D eigenvalue weighted by Gasteiger charge is 2.49. The van der Waals surface area contributed by atoms with Crippen molar-refractivity contribution in [2.24, 2.45) is 0 Å². The molecule has 6 nitrogen and oxygen atoms in total. The van der Waals surface area contributed by atoms with Crippen molar-refractivity contribution in [3.63, 3.8) is 0 Å². The Morgan fingerprint density at radius 1 is 1.17 bits per heavy atom. The summed E-state index contributed by atoms with van der Waals surface area (Å²) in [5.74, 6) is 0. The van der Waals surface area contributed by atoms with Gasteiger partial charge in [0.1, 0.15) is 0 Å². The first-order valence-corrected chi connectivity index (χ1v) is 10.7. The van der Waals surface area contributed by atoms with Crippen molar-refractivity contribution in [2.75, 3.05) is 19.7 Å². The average Bonchev–Trinajstić information content (AvgIpc) is 2.76. The molecule has 1 spiro atoms. The first-order chi connectivity index (χ1) is 14.6. The van der Waals surface area contributed by atoms with Crippen molar-refractivity contribution in [1.29, 1.82) is 0 Å². The monoisotopic (exact) mass is 407 g/mol. The normalized spacial score (nSPS) is 23.6. The molecule has 2 atom stereocenters. The molecule has 2 aromatic rings. The van der Waals surface area contributed by atoms with Crippen molar-refractivity contribution in [1.82, 2.24) is 15.5 Å². The number of carbonyl (C=O) groups is 2. The summed E-state index contributed by atoms with van der Waals surface area (Å²) in [6.07, 6.45) is 2.71. The molecule has 0 saturated carbocycles. The van der Waals surface area contributed by atoms with Crippen LogP contribution in [0, 0.1) is 0 Å². The van der Waals surface area contributed by atoms with Gasteiger partial charge in [0.25, 0.3) is 0 Å². The maximum absolute atomic E-state index is 12.9. The molecule has 2 aromatic carbocycles. The standard InChI is InChI=1S/C24H29N3O3/c1-2-25-22(28)27-14-7-12-24(13-15-30-23(29)26-24)21(27)17-18-8-6-11-20(16-18)19-9-4-3-5-10-19/h3-6,8-11,16,21H,2,7,12-15,17H2,1H3,(H,25,28)(H,26,29)/t21-,24-/m1/s1. The number of amides is 3. The van der Waals surface area contributed by atoms with E-state index in [2.05, 4.69) is 47.0 Å². The van der Waals surface area contributed by atoms with Crippen molar-refractivity contribution < 1.29 is 14.3 Å². The van der Waals surface area contributed by atoms with Gasteiger partial charge in [-0.3, -0.25) is 0 Å². The van der Waals surface area contributed by atoms with Crippen molar-refractivity contribution in [3.8, 4) is 11.1 Å². The number of urea groups is 1. The Labute approximate surface area is 177 Å². The molecule has 2 fully saturated rings. The lowest BCUT2D eigenvalue weighted by molar-refractivity contribution is 0.0176. The smallest absolute Gasteiger partial charge is 0.407 e. The van der Waals surface area contributed by atoms with Gasteiger partial charge in [0.2, 0.25) is 0 Å². The molecule has 2 aliphatic heterocycles. The second-order valence-corrected chi connectivity index (χ2v) is 8.09. The van der Waals surface area contributed by atoms with E-state index in [1.807, 2.05) is 30.0 Å². The highest BCUT2D eigenvalue weighted by atomic mass is 16.6. The number of rotatable bonds is 4. The summed E-state index contributed by atoms with van der Waals surface area (Å²) >= 11 is 0. The minimum atomic E-state index is -0.457. The summed E-state index contributed by atoms with van der Waals surface area (Å²) in [6.45, 7) is 3.57. The van der Waals surface area contributed by atoms with Gasteiger partial charge >= 0.3 is 12.1 Å². The van der Waals surface area contributed by atoms with Crippen LogP contribution in [-0.2, 0) is 11.2 Å². The molecule has 4 rings (SSSR count). The van der Waals surface area contributed by atoms with Gasteiger partial charge < -0.3 is 20.3 Å². The van der Waals surface area contributed by atoms with E-state index >= 15 is 0 Å². The third kappa shape index (κ3) is 4.13. The Morgan fingerprint density at radius 3 is 2.73 bits per heavy atom. The minimum absolute atomic E-state index is 0.0680. The zero-order valence-corrected chi connectivity index (χ0v) is 17.4. The Bertz CT molecular complexity index is 898. The predicted octanol–water partition coefficient (Wildman–Crippen LogP) is 3.96. The van der Waals surface area contributed by atoms with Crippen molar-refractivity contribution in [3.05, 3.63) is 60.2 Å². The number of likely N-dealkylation sites (tertiary alicyclic amines) is 1. The topological polar surface area (TPSA) is 70.7 Å². The van der Waals surface area contributed by atoms with E-state index in [1.54, 1.807) is 0 Å². The molecule has 0 radical (unpaired) electrons. The van der Waals surface area contributed by atoms with Gasteiger partial charge in [-0.05, 0) is 42.9 Å². The van der Waals surface area contributed by atoms with E-state index in [-0.39, 0.29) is 18.2 Å². The van der Waals surface area contributed by atoms with Crippen LogP contribution in [0.1, 0.15) is 31.7 Å². The number of alkyl carbamates (subject to hydrolysis) is 1. The minimum Gasteiger partial charge on any atom is -0.449 e. The summed E-state index contributed by atoms with van der Waals surface area (Å²) in [7, 11) is 0. The number of nitrogens with one attached hydrogen (secondary N) is 2. The van der Waals surface area contributed by atoms with E-state index in [1.165, 1.54) is 0 Å². The fourth-order valence-electron chi connectivity index (χ4n) is 4.78. The first kappa shape index (κ1) is 20.3. The quantitative estimate of drug-likeness (QED) is 0.806. The fraction of sp³-hybridized carbons (Fsp3) is 0.417. The largest absolute Gasteiger partial charge is 0.449 e. The molecule has 0 aromatic heterocycles. The Kier molecular flexibility index (Phi) is 5.93. The molecule has 0 aliphatic carbocycles. The molecule has 2 heterocycles. The zero-order chi connectivity index (χ0) is 21.0. The van der Waals surface area contributed by atoms with Crippen LogP contribution < -0.4 is 10.6 Å². The highest BCUT2D eigenvalue weighted by Crippen LogP contribution is 2.35. The molecule has 0 unspecified atom stereocenters. The average molecular weight is 408 g/mol. The molecule has 158 valence electrons. The number of carbonyl (C=O) groups excluding carboxylic acids is 2. The zero-order valence-electron chi connectivity index (χ0n) is 17.4. The molecule has 2 aliphatic rings. The summed E-state index contributed by atoms with van der Waals surface area (Å²) in [5, 5.41) is 6.04. The van der Waals surface area contributed by atoms with E-state index in [9.17, 15) is 9.59 Å². The number of benzene rings is 2. The van der Waals surface area contributed by atoms with Gasteiger partial charge in [0.05, 0.1) is 18.2 Å². The molecule has 3 amide bonds. The predicted molar refractivity (Wildman–Crippen MR) is 116 cm³/mol. The van der Waals surface area contributed by atoms with Crippen LogP contribution >= 0.6 is 0 Å². The number of piperidine rings is 1. The van der Waals surface area contributed by atoms with Crippen LogP contribution in [0.4, 0.5) is 9.59 Å². The van der Waals surface area contributed by atoms with Crippen LogP contribution in [0.3, 0.4) is 0 Å². The van der Waals surface area contributed by atoms with E-state index < -0.39 is 5.54 Å². The maximum Gasteiger partial charge on any atom is 0.407 e. The Hall–Kier alpha value is -3.02. The van der Waals surface area contributed by atoms with Gasteiger partial charge in [-0.15, -0.1) is 0 Å². The first-order valence-electron chi connectivity index (χ1n) is 10.7. The Morgan fingerprint density at radius 2 is 1.97 bits per heavy atom. The van der Waals surface area contributed by atoms with Gasteiger partial charge in [0.15, 0.2) is 0 Å². The Balaban J connectivity index is 1.66. The number of hydrogen-bond acceptors (Lipinski definition) is 3. The molecular formula is C24H29N3O3.